The number of benzene rings is 2. The SMILES string of the molecule is C[C@@]1(C(=O)NCc2ccccc2)Cc2ccccc2C(=O)O1. The van der Waals surface area contributed by atoms with Gasteiger partial charge in [0.25, 0.3) is 5.91 Å². The molecule has 0 radical (unpaired) electrons. The van der Waals surface area contributed by atoms with E-state index in [4.69, 9.17) is 4.74 Å². The Bertz CT molecular complexity index is 711. The van der Waals surface area contributed by atoms with E-state index in [0.29, 0.717) is 18.5 Å². The lowest BCUT2D eigenvalue weighted by molar-refractivity contribution is -0.139. The summed E-state index contributed by atoms with van der Waals surface area (Å²) in [5, 5.41) is 2.84. The third-order valence-corrected chi connectivity index (χ3v) is 3.86. The molecule has 0 saturated carbocycles. The molecular weight excluding hydrogens is 278 g/mol. The average Bonchev–Trinajstić information content (AvgIpc) is 2.53. The summed E-state index contributed by atoms with van der Waals surface area (Å²) in [6.07, 6.45) is 0.384. The Hall–Kier alpha value is -2.62. The molecule has 1 amide bonds. The Labute approximate surface area is 129 Å². The van der Waals surface area contributed by atoms with Crippen LogP contribution in [0.3, 0.4) is 0 Å². The van der Waals surface area contributed by atoms with E-state index in [1.807, 2.05) is 42.5 Å². The van der Waals surface area contributed by atoms with Gasteiger partial charge in [-0.2, -0.15) is 0 Å². The number of hydrogen-bond donors (Lipinski definition) is 1. The van der Waals surface area contributed by atoms with Gasteiger partial charge in [-0.25, -0.2) is 4.79 Å². The Morgan fingerprint density at radius 1 is 1.14 bits per heavy atom. The molecule has 1 aliphatic rings. The zero-order chi connectivity index (χ0) is 15.6. The molecule has 1 heterocycles. The summed E-state index contributed by atoms with van der Waals surface area (Å²) in [7, 11) is 0. The number of rotatable bonds is 3. The lowest BCUT2D eigenvalue weighted by Gasteiger charge is -2.33. The van der Waals surface area contributed by atoms with Crippen molar-refractivity contribution in [1.29, 1.82) is 0 Å². The molecule has 0 unspecified atom stereocenters. The fraction of sp³-hybridized carbons (Fsp3) is 0.222. The predicted molar refractivity (Wildman–Crippen MR) is 82.3 cm³/mol. The van der Waals surface area contributed by atoms with Gasteiger partial charge in [-0.3, -0.25) is 4.79 Å². The van der Waals surface area contributed by atoms with Gasteiger partial charge in [-0.15, -0.1) is 0 Å². The largest absolute Gasteiger partial charge is 0.445 e. The van der Waals surface area contributed by atoms with Crippen LogP contribution in [0.15, 0.2) is 54.6 Å². The van der Waals surface area contributed by atoms with Crippen molar-refractivity contribution in [2.45, 2.75) is 25.5 Å². The number of amides is 1. The molecule has 0 bridgehead atoms. The monoisotopic (exact) mass is 295 g/mol. The summed E-state index contributed by atoms with van der Waals surface area (Å²) in [5.74, 6) is -0.724. The molecule has 112 valence electrons. The Kier molecular flexibility index (Phi) is 3.67. The minimum atomic E-state index is -1.17. The molecule has 2 aromatic carbocycles. The van der Waals surface area contributed by atoms with Crippen LogP contribution < -0.4 is 5.32 Å². The van der Waals surface area contributed by atoms with E-state index in [1.165, 1.54) is 0 Å². The highest BCUT2D eigenvalue weighted by Crippen LogP contribution is 2.28. The standard InChI is InChI=1S/C18H17NO3/c1-18(17(21)19-12-13-7-3-2-4-8-13)11-14-9-5-6-10-15(14)16(20)22-18/h2-10H,11-12H2,1H3,(H,19,21)/t18-/m0/s1. The first-order valence-corrected chi connectivity index (χ1v) is 7.22. The van der Waals surface area contributed by atoms with Crippen molar-refractivity contribution in [2.75, 3.05) is 0 Å². The fourth-order valence-corrected chi connectivity index (χ4v) is 2.62. The van der Waals surface area contributed by atoms with Gasteiger partial charge >= 0.3 is 5.97 Å². The van der Waals surface area contributed by atoms with Gasteiger partial charge in [0.05, 0.1) is 5.56 Å². The van der Waals surface area contributed by atoms with Crippen LogP contribution in [-0.4, -0.2) is 17.5 Å². The maximum Gasteiger partial charge on any atom is 0.339 e. The number of fused-ring (bicyclic) bond motifs is 1. The Morgan fingerprint density at radius 2 is 1.82 bits per heavy atom. The fourth-order valence-electron chi connectivity index (χ4n) is 2.62. The molecule has 4 nitrogen and oxygen atoms in total. The minimum Gasteiger partial charge on any atom is -0.445 e. The van der Waals surface area contributed by atoms with Gasteiger partial charge in [-0.1, -0.05) is 48.5 Å². The van der Waals surface area contributed by atoms with E-state index in [2.05, 4.69) is 5.32 Å². The molecule has 2 aromatic rings. The van der Waals surface area contributed by atoms with Crippen molar-refractivity contribution >= 4 is 11.9 Å². The molecule has 4 heteroatoms. The average molecular weight is 295 g/mol. The molecule has 0 fully saturated rings. The van der Waals surface area contributed by atoms with E-state index < -0.39 is 11.6 Å². The van der Waals surface area contributed by atoms with Gasteiger partial charge in [0.1, 0.15) is 0 Å². The maximum atomic E-state index is 12.5. The van der Waals surface area contributed by atoms with Gasteiger partial charge < -0.3 is 10.1 Å². The summed E-state index contributed by atoms with van der Waals surface area (Å²) >= 11 is 0. The maximum absolute atomic E-state index is 12.5. The second-order valence-electron chi connectivity index (χ2n) is 5.62. The number of ether oxygens (including phenoxy) is 1. The first-order chi connectivity index (χ1) is 10.6. The number of hydrogen-bond acceptors (Lipinski definition) is 3. The van der Waals surface area contributed by atoms with E-state index in [1.54, 1.807) is 19.1 Å². The zero-order valence-corrected chi connectivity index (χ0v) is 12.3. The van der Waals surface area contributed by atoms with Crippen molar-refractivity contribution in [3.05, 3.63) is 71.3 Å². The lowest BCUT2D eigenvalue weighted by atomic mass is 9.89. The number of esters is 1. The smallest absolute Gasteiger partial charge is 0.339 e. The number of nitrogens with one attached hydrogen (secondary N) is 1. The molecule has 0 spiro atoms. The molecule has 0 aliphatic carbocycles. The second kappa shape index (κ2) is 5.64. The minimum absolute atomic E-state index is 0.279. The van der Waals surface area contributed by atoms with Crippen molar-refractivity contribution < 1.29 is 14.3 Å². The second-order valence-corrected chi connectivity index (χ2v) is 5.62. The van der Waals surface area contributed by atoms with Gasteiger partial charge in [0.2, 0.25) is 0 Å². The molecular formula is C18H17NO3. The number of carbonyl (C=O) groups excluding carboxylic acids is 2. The third kappa shape index (κ3) is 2.72. The molecule has 0 aromatic heterocycles. The van der Waals surface area contributed by atoms with Crippen molar-refractivity contribution in [2.24, 2.45) is 0 Å². The molecule has 1 aliphatic heterocycles. The van der Waals surface area contributed by atoms with Crippen LogP contribution in [0.1, 0.15) is 28.4 Å². The third-order valence-electron chi connectivity index (χ3n) is 3.86. The van der Waals surface area contributed by atoms with Crippen LogP contribution in [0.25, 0.3) is 0 Å². The summed E-state index contributed by atoms with van der Waals surface area (Å²) in [4.78, 5) is 24.5. The summed E-state index contributed by atoms with van der Waals surface area (Å²) in [6.45, 7) is 2.07. The van der Waals surface area contributed by atoms with Crippen molar-refractivity contribution in [3.8, 4) is 0 Å². The first kappa shape index (κ1) is 14.3. The van der Waals surface area contributed by atoms with Gasteiger partial charge in [0, 0.05) is 13.0 Å². The highest BCUT2D eigenvalue weighted by Gasteiger charge is 2.42. The molecule has 0 saturated heterocycles. The van der Waals surface area contributed by atoms with Gasteiger partial charge in [0.15, 0.2) is 5.60 Å². The van der Waals surface area contributed by atoms with Crippen molar-refractivity contribution in [3.63, 3.8) is 0 Å². The quantitative estimate of drug-likeness (QED) is 0.885. The first-order valence-electron chi connectivity index (χ1n) is 7.22. The van der Waals surface area contributed by atoms with Crippen LogP contribution >= 0.6 is 0 Å². The lowest BCUT2D eigenvalue weighted by Crippen LogP contribution is -2.51. The summed E-state index contributed by atoms with van der Waals surface area (Å²) in [6, 6.07) is 16.9. The predicted octanol–water partition coefficient (Wildman–Crippen LogP) is 2.47. The normalized spacial score (nSPS) is 20.0. The molecule has 3 rings (SSSR count). The van der Waals surface area contributed by atoms with Crippen LogP contribution in [0.5, 0.6) is 0 Å². The number of cyclic esters (lactones) is 1. The van der Waals surface area contributed by atoms with Crippen molar-refractivity contribution in [1.82, 2.24) is 5.32 Å². The Morgan fingerprint density at radius 3 is 2.59 bits per heavy atom. The molecule has 1 atom stereocenters. The summed E-state index contributed by atoms with van der Waals surface area (Å²) < 4.78 is 5.40. The highest BCUT2D eigenvalue weighted by atomic mass is 16.6. The number of carbonyl (C=O) groups is 2. The van der Waals surface area contributed by atoms with Crippen LogP contribution in [-0.2, 0) is 22.5 Å². The van der Waals surface area contributed by atoms with Crippen LogP contribution in [0, 0.1) is 0 Å². The highest BCUT2D eigenvalue weighted by molar-refractivity contribution is 5.97. The van der Waals surface area contributed by atoms with Crippen LogP contribution in [0.2, 0.25) is 0 Å². The van der Waals surface area contributed by atoms with Gasteiger partial charge in [-0.05, 0) is 24.1 Å². The van der Waals surface area contributed by atoms with E-state index >= 15 is 0 Å². The van der Waals surface area contributed by atoms with Crippen LogP contribution in [0.4, 0.5) is 0 Å². The zero-order valence-electron chi connectivity index (χ0n) is 12.3. The van der Waals surface area contributed by atoms with E-state index in [-0.39, 0.29) is 5.91 Å². The Balaban J connectivity index is 1.74. The molecule has 1 N–H and O–H groups in total. The topological polar surface area (TPSA) is 55.4 Å². The summed E-state index contributed by atoms with van der Waals surface area (Å²) in [5.41, 5.74) is 1.22. The van der Waals surface area contributed by atoms with E-state index in [9.17, 15) is 9.59 Å². The molecule has 22 heavy (non-hydrogen) atoms. The van der Waals surface area contributed by atoms with E-state index in [0.717, 1.165) is 11.1 Å².